The van der Waals surface area contributed by atoms with E-state index in [0.29, 0.717) is 18.8 Å². The van der Waals surface area contributed by atoms with E-state index in [0.717, 1.165) is 24.2 Å². The van der Waals surface area contributed by atoms with Crippen LogP contribution in [0.3, 0.4) is 0 Å². The van der Waals surface area contributed by atoms with Crippen molar-refractivity contribution in [2.75, 3.05) is 6.54 Å². The maximum absolute atomic E-state index is 13.1. The lowest BCUT2D eigenvalue weighted by molar-refractivity contribution is -0.137. The monoisotopic (exact) mass is 395 g/mol. The molecule has 2 heterocycles. The number of carboxylic acids is 1. The summed E-state index contributed by atoms with van der Waals surface area (Å²) >= 11 is 0. The van der Waals surface area contributed by atoms with Crippen molar-refractivity contribution < 1.29 is 14.7 Å². The number of benzene rings is 1. The topological polar surface area (TPSA) is 93.2 Å². The second kappa shape index (κ2) is 9.68. The third kappa shape index (κ3) is 5.54. The van der Waals surface area contributed by atoms with E-state index in [1.54, 1.807) is 23.4 Å². The van der Waals surface area contributed by atoms with E-state index in [1.165, 1.54) is 4.68 Å². The molecule has 8 heteroatoms. The van der Waals surface area contributed by atoms with Gasteiger partial charge in [-0.2, -0.15) is 10.2 Å². The van der Waals surface area contributed by atoms with Gasteiger partial charge in [0.15, 0.2) is 0 Å². The molecular weight excluding hydrogens is 370 g/mol. The molecule has 1 aromatic carbocycles. The Bertz CT molecular complexity index is 948. The zero-order valence-corrected chi connectivity index (χ0v) is 16.4. The van der Waals surface area contributed by atoms with Gasteiger partial charge in [-0.15, -0.1) is 0 Å². The maximum Gasteiger partial charge on any atom is 0.305 e. The third-order valence-electron chi connectivity index (χ3n) is 4.67. The summed E-state index contributed by atoms with van der Waals surface area (Å²) < 4.78 is 3.36. The van der Waals surface area contributed by atoms with Crippen LogP contribution in [0.2, 0.25) is 0 Å². The molecular formula is C21H25N5O3. The summed E-state index contributed by atoms with van der Waals surface area (Å²) in [6, 6.07) is 13.6. The van der Waals surface area contributed by atoms with Crippen LogP contribution in [-0.4, -0.2) is 48.0 Å². The second-order valence-corrected chi connectivity index (χ2v) is 6.71. The summed E-state index contributed by atoms with van der Waals surface area (Å²) in [4.78, 5) is 25.7. The van der Waals surface area contributed by atoms with Crippen molar-refractivity contribution in [3.05, 3.63) is 71.8 Å². The van der Waals surface area contributed by atoms with Crippen LogP contribution in [0.1, 0.15) is 35.1 Å². The van der Waals surface area contributed by atoms with Gasteiger partial charge in [-0.3, -0.25) is 19.0 Å². The molecule has 0 aliphatic heterocycles. The van der Waals surface area contributed by atoms with E-state index < -0.39 is 5.97 Å². The first-order chi connectivity index (χ1) is 14.1. The minimum Gasteiger partial charge on any atom is -0.481 e. The highest BCUT2D eigenvalue weighted by Crippen LogP contribution is 2.11. The fraction of sp³-hybridized carbons (Fsp3) is 0.333. The molecule has 0 radical (unpaired) electrons. The molecule has 1 amide bonds. The lowest BCUT2D eigenvalue weighted by atomic mass is 10.1. The van der Waals surface area contributed by atoms with E-state index >= 15 is 0 Å². The molecule has 0 aliphatic carbocycles. The van der Waals surface area contributed by atoms with Gasteiger partial charge in [0, 0.05) is 25.5 Å². The van der Waals surface area contributed by atoms with E-state index in [2.05, 4.69) is 10.2 Å². The standard InChI is InChI=1S/C21H25N5O3/c1-2-26-18(8-12-22-26)16-24(13-9-17-6-4-3-5-7-17)21(29)19-10-14-25(23-19)15-11-20(27)28/h3-8,10,12,14H,2,9,11,13,15-16H2,1H3,(H,27,28). The van der Waals surface area contributed by atoms with Gasteiger partial charge in [0.05, 0.1) is 25.2 Å². The summed E-state index contributed by atoms with van der Waals surface area (Å²) in [5.41, 5.74) is 2.42. The SMILES string of the molecule is CCn1nccc1CN(CCc1ccccc1)C(=O)c1ccn(CCC(=O)O)n1. The number of rotatable bonds is 10. The molecule has 3 aromatic rings. The minimum atomic E-state index is -0.898. The number of aryl methyl sites for hydroxylation is 2. The first-order valence-corrected chi connectivity index (χ1v) is 9.66. The third-order valence-corrected chi connectivity index (χ3v) is 4.67. The Balaban J connectivity index is 1.75. The van der Waals surface area contributed by atoms with Crippen LogP contribution in [0.4, 0.5) is 0 Å². The maximum atomic E-state index is 13.1. The van der Waals surface area contributed by atoms with Crippen LogP contribution in [0.15, 0.2) is 54.9 Å². The van der Waals surface area contributed by atoms with Crippen LogP contribution < -0.4 is 0 Å². The average molecular weight is 395 g/mol. The number of hydrogen-bond donors (Lipinski definition) is 1. The molecule has 0 saturated heterocycles. The van der Waals surface area contributed by atoms with E-state index in [-0.39, 0.29) is 18.9 Å². The van der Waals surface area contributed by atoms with Gasteiger partial charge in [-0.1, -0.05) is 30.3 Å². The molecule has 3 rings (SSSR count). The number of carbonyl (C=O) groups is 2. The van der Waals surface area contributed by atoms with Gasteiger partial charge >= 0.3 is 5.97 Å². The highest BCUT2D eigenvalue weighted by molar-refractivity contribution is 5.92. The van der Waals surface area contributed by atoms with E-state index in [1.807, 2.05) is 48.0 Å². The molecule has 0 atom stereocenters. The van der Waals surface area contributed by atoms with Crippen molar-refractivity contribution in [1.29, 1.82) is 0 Å². The van der Waals surface area contributed by atoms with Crippen molar-refractivity contribution in [3.8, 4) is 0 Å². The van der Waals surface area contributed by atoms with Crippen molar-refractivity contribution in [2.45, 2.75) is 39.4 Å². The van der Waals surface area contributed by atoms with Crippen LogP contribution >= 0.6 is 0 Å². The number of carboxylic acid groups (broad SMARTS) is 1. The number of amides is 1. The Hall–Kier alpha value is -3.42. The summed E-state index contributed by atoms with van der Waals surface area (Å²) in [5.74, 6) is -1.08. The molecule has 152 valence electrons. The molecule has 0 spiro atoms. The van der Waals surface area contributed by atoms with Crippen LogP contribution in [0, 0.1) is 0 Å². The average Bonchev–Trinajstić information content (AvgIpc) is 3.39. The van der Waals surface area contributed by atoms with Gasteiger partial charge in [-0.05, 0) is 31.0 Å². The van der Waals surface area contributed by atoms with E-state index in [4.69, 9.17) is 5.11 Å². The number of aromatic nitrogens is 4. The molecule has 8 nitrogen and oxygen atoms in total. The highest BCUT2D eigenvalue weighted by atomic mass is 16.4. The number of hydrogen-bond acceptors (Lipinski definition) is 4. The molecule has 0 unspecified atom stereocenters. The van der Waals surface area contributed by atoms with Gasteiger partial charge in [0.1, 0.15) is 5.69 Å². The van der Waals surface area contributed by atoms with Crippen molar-refractivity contribution in [2.24, 2.45) is 0 Å². The second-order valence-electron chi connectivity index (χ2n) is 6.71. The van der Waals surface area contributed by atoms with Crippen LogP contribution in [-0.2, 0) is 30.8 Å². The van der Waals surface area contributed by atoms with Gasteiger partial charge in [0.25, 0.3) is 5.91 Å². The number of carbonyl (C=O) groups excluding carboxylic acids is 1. The van der Waals surface area contributed by atoms with Crippen molar-refractivity contribution >= 4 is 11.9 Å². The fourth-order valence-electron chi connectivity index (χ4n) is 3.11. The highest BCUT2D eigenvalue weighted by Gasteiger charge is 2.20. The number of nitrogens with zero attached hydrogens (tertiary/aromatic N) is 5. The summed E-state index contributed by atoms with van der Waals surface area (Å²) in [6.45, 7) is 3.94. The number of aliphatic carboxylic acids is 1. The Labute approximate surface area is 169 Å². The zero-order valence-electron chi connectivity index (χ0n) is 16.4. The summed E-state index contributed by atoms with van der Waals surface area (Å²) in [6.07, 6.45) is 4.07. The smallest absolute Gasteiger partial charge is 0.305 e. The fourth-order valence-corrected chi connectivity index (χ4v) is 3.11. The zero-order chi connectivity index (χ0) is 20.6. The predicted molar refractivity (Wildman–Crippen MR) is 107 cm³/mol. The summed E-state index contributed by atoms with van der Waals surface area (Å²) in [7, 11) is 0. The van der Waals surface area contributed by atoms with Gasteiger partial charge in [0.2, 0.25) is 0 Å². The van der Waals surface area contributed by atoms with Gasteiger partial charge in [-0.25, -0.2) is 0 Å². The molecule has 0 aliphatic rings. The molecule has 1 N–H and O–H groups in total. The summed E-state index contributed by atoms with van der Waals surface area (Å²) in [5, 5.41) is 17.4. The molecule has 0 saturated carbocycles. The lowest BCUT2D eigenvalue weighted by Gasteiger charge is -2.22. The minimum absolute atomic E-state index is 0.0390. The van der Waals surface area contributed by atoms with Crippen molar-refractivity contribution in [1.82, 2.24) is 24.5 Å². The largest absolute Gasteiger partial charge is 0.481 e. The molecule has 2 aromatic heterocycles. The molecule has 0 fully saturated rings. The Morgan fingerprint density at radius 3 is 2.66 bits per heavy atom. The van der Waals surface area contributed by atoms with Crippen LogP contribution in [0.5, 0.6) is 0 Å². The van der Waals surface area contributed by atoms with E-state index in [9.17, 15) is 9.59 Å². The first kappa shape index (κ1) is 20.3. The Morgan fingerprint density at radius 2 is 1.93 bits per heavy atom. The quantitative estimate of drug-likeness (QED) is 0.569. The Morgan fingerprint density at radius 1 is 1.14 bits per heavy atom. The molecule has 0 bridgehead atoms. The first-order valence-electron chi connectivity index (χ1n) is 9.66. The lowest BCUT2D eigenvalue weighted by Crippen LogP contribution is -2.33. The van der Waals surface area contributed by atoms with Gasteiger partial charge < -0.3 is 10.0 Å². The van der Waals surface area contributed by atoms with Crippen LogP contribution in [0.25, 0.3) is 0 Å². The van der Waals surface area contributed by atoms with Crippen molar-refractivity contribution in [3.63, 3.8) is 0 Å². The Kier molecular flexibility index (Phi) is 6.78. The molecule has 29 heavy (non-hydrogen) atoms. The normalized spacial score (nSPS) is 10.8. The predicted octanol–water partition coefficient (Wildman–Crippen LogP) is 2.46.